The average Bonchev–Trinajstić information content (AvgIpc) is 2.54. The number of sulfone groups is 1. The molecule has 0 bridgehead atoms. The van der Waals surface area contributed by atoms with Crippen molar-refractivity contribution in [3.05, 3.63) is 29.8 Å². The van der Waals surface area contributed by atoms with E-state index < -0.39 is 9.84 Å². The van der Waals surface area contributed by atoms with Crippen LogP contribution in [0.15, 0.2) is 34.2 Å². The molecule has 25 heavy (non-hydrogen) atoms. The van der Waals surface area contributed by atoms with E-state index in [1.54, 1.807) is 12.1 Å². The fourth-order valence-corrected chi connectivity index (χ4v) is 4.18. The number of guanidine groups is 1. The third-order valence-electron chi connectivity index (χ3n) is 4.69. The maximum atomic E-state index is 12.5. The Morgan fingerprint density at radius 2 is 1.92 bits per heavy atom. The molecule has 1 aromatic carbocycles. The quantitative estimate of drug-likeness (QED) is 0.657. The molecule has 2 N–H and O–H groups in total. The molecule has 6 heteroatoms. The van der Waals surface area contributed by atoms with Crippen LogP contribution in [-0.2, 0) is 15.3 Å². The second-order valence-corrected chi connectivity index (χ2v) is 10.1. The Kier molecular flexibility index (Phi) is 6.14. The van der Waals surface area contributed by atoms with Crippen molar-refractivity contribution < 1.29 is 8.42 Å². The lowest BCUT2D eigenvalue weighted by molar-refractivity contribution is 0.270. The fraction of sp³-hybridized carbons (Fsp3) is 0.632. The number of aliphatic imine (C=N–C) groups is 1. The molecule has 1 aromatic rings. The first kappa shape index (κ1) is 19.8. The van der Waals surface area contributed by atoms with Gasteiger partial charge in [-0.05, 0) is 41.9 Å². The van der Waals surface area contributed by atoms with Crippen LogP contribution in [0.3, 0.4) is 0 Å². The summed E-state index contributed by atoms with van der Waals surface area (Å²) in [6, 6.07) is 7.16. The van der Waals surface area contributed by atoms with Crippen LogP contribution in [0.4, 0.5) is 0 Å². The second kappa shape index (κ2) is 7.77. The van der Waals surface area contributed by atoms with Crippen LogP contribution < -0.4 is 5.73 Å². The summed E-state index contributed by atoms with van der Waals surface area (Å²) in [7, 11) is -3.34. The number of nitrogens with two attached hydrogens (primary N) is 1. The first-order valence-corrected chi connectivity index (χ1v) is 10.6. The molecule has 1 atom stereocenters. The minimum absolute atomic E-state index is 0.00656. The van der Waals surface area contributed by atoms with E-state index in [0.717, 1.165) is 25.1 Å². The maximum absolute atomic E-state index is 12.5. The van der Waals surface area contributed by atoms with Gasteiger partial charge in [-0.1, -0.05) is 39.8 Å². The highest BCUT2D eigenvalue weighted by Gasteiger charge is 2.19. The van der Waals surface area contributed by atoms with E-state index in [4.69, 9.17) is 5.73 Å². The van der Waals surface area contributed by atoms with Crippen molar-refractivity contribution >= 4 is 15.8 Å². The lowest BCUT2D eigenvalue weighted by Crippen LogP contribution is -2.43. The average molecular weight is 366 g/mol. The van der Waals surface area contributed by atoms with E-state index in [1.807, 2.05) is 12.1 Å². The summed E-state index contributed by atoms with van der Waals surface area (Å²) in [5.41, 5.74) is 7.15. The van der Waals surface area contributed by atoms with Gasteiger partial charge in [-0.3, -0.25) is 4.99 Å². The lowest BCUT2D eigenvalue weighted by Gasteiger charge is -2.31. The largest absolute Gasteiger partial charge is 0.370 e. The summed E-state index contributed by atoms with van der Waals surface area (Å²) in [6.07, 6.45) is 2.32. The molecule has 1 aliphatic rings. The molecule has 0 aromatic heterocycles. The monoisotopic (exact) mass is 365 g/mol. The Labute approximate surface area is 152 Å². The van der Waals surface area contributed by atoms with Crippen LogP contribution >= 0.6 is 0 Å². The Balaban J connectivity index is 1.98. The number of rotatable bonds is 4. The summed E-state index contributed by atoms with van der Waals surface area (Å²) in [5.74, 6) is 1.05. The molecule has 0 radical (unpaired) electrons. The summed E-state index contributed by atoms with van der Waals surface area (Å²) in [6.45, 7) is 10.5. The molecule has 0 aliphatic carbocycles. The predicted octanol–water partition coefficient (Wildman–Crippen LogP) is 2.80. The predicted molar refractivity (Wildman–Crippen MR) is 104 cm³/mol. The summed E-state index contributed by atoms with van der Waals surface area (Å²) in [4.78, 5) is 6.69. The zero-order chi connectivity index (χ0) is 18.7. The molecule has 1 saturated heterocycles. The molecule has 5 nitrogen and oxygen atoms in total. The van der Waals surface area contributed by atoms with Gasteiger partial charge in [0, 0.05) is 13.1 Å². The van der Waals surface area contributed by atoms with Crippen LogP contribution in [-0.4, -0.2) is 44.7 Å². The number of piperidine rings is 1. The normalized spacial score (nSPS) is 19.9. The van der Waals surface area contributed by atoms with E-state index in [1.165, 1.54) is 6.42 Å². The van der Waals surface area contributed by atoms with E-state index in [0.29, 0.717) is 16.8 Å². The zero-order valence-corrected chi connectivity index (χ0v) is 16.6. The van der Waals surface area contributed by atoms with Crippen molar-refractivity contribution in [1.29, 1.82) is 0 Å². The number of hydrogen-bond acceptors (Lipinski definition) is 3. The highest BCUT2D eigenvalue weighted by Crippen LogP contribution is 2.23. The highest BCUT2D eigenvalue weighted by molar-refractivity contribution is 7.91. The Morgan fingerprint density at radius 1 is 1.28 bits per heavy atom. The van der Waals surface area contributed by atoms with Crippen LogP contribution in [0.5, 0.6) is 0 Å². The van der Waals surface area contributed by atoms with Crippen LogP contribution in [0.1, 0.15) is 46.1 Å². The van der Waals surface area contributed by atoms with Gasteiger partial charge in [0.25, 0.3) is 0 Å². The smallest absolute Gasteiger partial charge is 0.191 e. The molecule has 0 amide bonds. The van der Waals surface area contributed by atoms with Crippen LogP contribution in [0, 0.1) is 5.92 Å². The molecule has 1 aliphatic heterocycles. The van der Waals surface area contributed by atoms with Gasteiger partial charge in [-0.2, -0.15) is 0 Å². The second-order valence-electron chi connectivity index (χ2n) is 8.03. The Bertz CT molecular complexity index is 703. The van der Waals surface area contributed by atoms with Gasteiger partial charge in [-0.25, -0.2) is 8.42 Å². The molecule has 1 unspecified atom stereocenters. The molecular formula is C19H31N3O2S. The standard InChI is InChI=1S/C19H31N3O2S/c1-15-6-5-12-22(14-15)18(20)21-11-13-25(23,24)17-9-7-16(8-10-17)19(2,3)4/h7-10,15H,5-6,11-14H2,1-4H3,(H2,20,21). The summed E-state index contributed by atoms with van der Waals surface area (Å²) in [5, 5.41) is 0. The molecule has 1 fully saturated rings. The molecule has 1 heterocycles. The van der Waals surface area contributed by atoms with E-state index in [9.17, 15) is 8.42 Å². The molecule has 0 spiro atoms. The maximum Gasteiger partial charge on any atom is 0.191 e. The lowest BCUT2D eigenvalue weighted by atomic mass is 9.87. The van der Waals surface area contributed by atoms with Gasteiger partial charge in [-0.15, -0.1) is 0 Å². The van der Waals surface area contributed by atoms with Gasteiger partial charge in [0.15, 0.2) is 15.8 Å². The topological polar surface area (TPSA) is 75.8 Å². The van der Waals surface area contributed by atoms with Crippen molar-refractivity contribution in [2.75, 3.05) is 25.4 Å². The minimum atomic E-state index is -3.34. The van der Waals surface area contributed by atoms with Crippen LogP contribution in [0.25, 0.3) is 0 Å². The highest BCUT2D eigenvalue weighted by atomic mass is 32.2. The summed E-state index contributed by atoms with van der Waals surface area (Å²) < 4.78 is 25.0. The zero-order valence-electron chi connectivity index (χ0n) is 15.8. The SMILES string of the molecule is CC1CCCN(C(N)=NCCS(=O)(=O)c2ccc(C(C)(C)C)cc2)C1. The van der Waals surface area contributed by atoms with Gasteiger partial charge in [0.2, 0.25) is 0 Å². The number of hydrogen-bond donors (Lipinski definition) is 1. The molecule has 140 valence electrons. The van der Waals surface area contributed by atoms with E-state index in [2.05, 4.69) is 37.6 Å². The van der Waals surface area contributed by atoms with Crippen molar-refractivity contribution in [2.24, 2.45) is 16.6 Å². The Morgan fingerprint density at radius 3 is 2.48 bits per heavy atom. The van der Waals surface area contributed by atoms with Gasteiger partial charge >= 0.3 is 0 Å². The Hall–Kier alpha value is -1.56. The number of nitrogens with zero attached hydrogens (tertiary/aromatic N) is 2. The van der Waals surface area contributed by atoms with E-state index in [-0.39, 0.29) is 17.7 Å². The van der Waals surface area contributed by atoms with Crippen molar-refractivity contribution in [3.8, 4) is 0 Å². The third kappa shape index (κ3) is 5.46. The van der Waals surface area contributed by atoms with Gasteiger partial charge in [0.05, 0.1) is 17.2 Å². The number of benzene rings is 1. The van der Waals surface area contributed by atoms with Gasteiger partial charge in [0.1, 0.15) is 0 Å². The molecular weight excluding hydrogens is 334 g/mol. The summed E-state index contributed by atoms with van der Waals surface area (Å²) >= 11 is 0. The molecule has 0 saturated carbocycles. The van der Waals surface area contributed by atoms with Crippen molar-refractivity contribution in [2.45, 2.75) is 50.8 Å². The number of likely N-dealkylation sites (tertiary alicyclic amines) is 1. The van der Waals surface area contributed by atoms with Crippen LogP contribution in [0.2, 0.25) is 0 Å². The van der Waals surface area contributed by atoms with Crippen molar-refractivity contribution in [1.82, 2.24) is 4.90 Å². The van der Waals surface area contributed by atoms with Gasteiger partial charge < -0.3 is 10.6 Å². The third-order valence-corrected chi connectivity index (χ3v) is 6.40. The van der Waals surface area contributed by atoms with Crippen molar-refractivity contribution in [3.63, 3.8) is 0 Å². The molecule has 2 rings (SSSR count). The minimum Gasteiger partial charge on any atom is -0.370 e. The van der Waals surface area contributed by atoms with E-state index >= 15 is 0 Å². The fourth-order valence-electron chi connectivity index (χ4n) is 3.06. The first-order valence-electron chi connectivity index (χ1n) is 8.98. The first-order chi connectivity index (χ1) is 11.6.